The van der Waals surface area contributed by atoms with Crippen molar-refractivity contribution in [3.05, 3.63) is 105 Å². The average molecular weight is 639 g/mol. The van der Waals surface area contributed by atoms with E-state index < -0.39 is 5.91 Å². The van der Waals surface area contributed by atoms with Gasteiger partial charge < -0.3 is 15.5 Å². The number of aryl methyl sites for hydroxylation is 2. The highest BCUT2D eigenvalue weighted by Crippen LogP contribution is 2.43. The van der Waals surface area contributed by atoms with Crippen molar-refractivity contribution in [2.45, 2.75) is 65.3 Å². The molecule has 0 fully saturated rings. The molecule has 0 saturated carbocycles. The molecule has 0 aliphatic heterocycles. The van der Waals surface area contributed by atoms with Crippen LogP contribution in [-0.2, 0) is 19.3 Å². The molecule has 2 atom stereocenters. The first kappa shape index (κ1) is 31.2. The molecule has 1 aliphatic carbocycles. The van der Waals surface area contributed by atoms with Crippen LogP contribution >= 0.6 is 11.3 Å². The molecule has 0 saturated heterocycles. The fourth-order valence-electron chi connectivity index (χ4n) is 6.10. The van der Waals surface area contributed by atoms with Crippen molar-refractivity contribution in [2.24, 2.45) is 11.7 Å². The van der Waals surface area contributed by atoms with E-state index in [1.807, 2.05) is 39.0 Å². The van der Waals surface area contributed by atoms with Crippen LogP contribution in [0.25, 0.3) is 21.9 Å². The first-order valence-corrected chi connectivity index (χ1v) is 16.2. The predicted molar refractivity (Wildman–Crippen MR) is 174 cm³/mol. The summed E-state index contributed by atoms with van der Waals surface area (Å²) in [5.74, 6) is -0.500. The lowest BCUT2D eigenvalue weighted by molar-refractivity contribution is 0.0939. The van der Waals surface area contributed by atoms with Crippen LogP contribution in [0.3, 0.4) is 0 Å². The van der Waals surface area contributed by atoms with E-state index >= 15 is 0 Å². The van der Waals surface area contributed by atoms with Gasteiger partial charge in [-0.05, 0) is 79.0 Å². The molecule has 9 nitrogen and oxygen atoms in total. The van der Waals surface area contributed by atoms with Crippen LogP contribution in [0, 0.1) is 18.7 Å². The van der Waals surface area contributed by atoms with E-state index in [-0.39, 0.29) is 41.1 Å². The van der Waals surface area contributed by atoms with Crippen molar-refractivity contribution in [2.75, 3.05) is 0 Å². The number of benzene rings is 1. The number of carbonyl (C=O) groups excluding carboxylic acids is 2. The number of hydrogen-bond acceptors (Lipinski definition) is 8. The van der Waals surface area contributed by atoms with E-state index in [1.54, 1.807) is 31.3 Å². The van der Waals surface area contributed by atoms with Gasteiger partial charge in [0.05, 0.1) is 33.4 Å². The third kappa shape index (κ3) is 6.32. The zero-order valence-corrected chi connectivity index (χ0v) is 27.0. The number of pyridine rings is 2. The van der Waals surface area contributed by atoms with Gasteiger partial charge in [0.1, 0.15) is 5.82 Å². The van der Waals surface area contributed by atoms with Gasteiger partial charge in [0.25, 0.3) is 11.8 Å². The maximum Gasteiger partial charge on any atom is 0.261 e. The SMILES string of the molecule is Cc1nnc(-c2c(C[C@@H](C)c3ccc(F)cc3)nc(CC(C)C)c(C(N)=O)c2-c2ccc(C(=O)N[C@@H]3CCc4ncccc43)s2)o1. The number of halogens is 1. The Morgan fingerprint density at radius 2 is 1.83 bits per heavy atom. The Kier molecular flexibility index (Phi) is 8.77. The van der Waals surface area contributed by atoms with Gasteiger partial charge in [-0.3, -0.25) is 19.6 Å². The molecule has 4 heterocycles. The van der Waals surface area contributed by atoms with Crippen molar-refractivity contribution in [3.8, 4) is 21.9 Å². The van der Waals surface area contributed by atoms with Gasteiger partial charge in [-0.25, -0.2) is 4.39 Å². The Hall–Kier alpha value is -4.77. The molecular weight excluding hydrogens is 603 g/mol. The Labute approximate surface area is 270 Å². The fourth-order valence-corrected chi connectivity index (χ4v) is 7.06. The Morgan fingerprint density at radius 1 is 1.04 bits per heavy atom. The second-order valence-electron chi connectivity index (χ2n) is 12.1. The number of amides is 2. The van der Waals surface area contributed by atoms with Crippen LogP contribution in [-0.4, -0.2) is 32.0 Å². The number of fused-ring (bicyclic) bond motifs is 1. The number of nitrogens with one attached hydrogen (secondary N) is 1. The van der Waals surface area contributed by atoms with Crippen molar-refractivity contribution < 1.29 is 18.4 Å². The lowest BCUT2D eigenvalue weighted by Crippen LogP contribution is -2.26. The van der Waals surface area contributed by atoms with Gasteiger partial charge in [-0.1, -0.05) is 39.0 Å². The van der Waals surface area contributed by atoms with Crippen molar-refractivity contribution in [1.29, 1.82) is 0 Å². The van der Waals surface area contributed by atoms with E-state index in [1.165, 1.54) is 23.5 Å². The molecule has 1 aliphatic rings. The molecule has 3 N–H and O–H groups in total. The van der Waals surface area contributed by atoms with Gasteiger partial charge in [0, 0.05) is 29.3 Å². The second-order valence-corrected chi connectivity index (χ2v) is 13.2. The van der Waals surface area contributed by atoms with E-state index in [2.05, 4.69) is 20.5 Å². The smallest absolute Gasteiger partial charge is 0.261 e. The maximum absolute atomic E-state index is 13.7. The van der Waals surface area contributed by atoms with Gasteiger partial charge in [-0.2, -0.15) is 0 Å². The zero-order valence-electron chi connectivity index (χ0n) is 26.1. The summed E-state index contributed by atoms with van der Waals surface area (Å²) >= 11 is 1.26. The molecule has 4 aromatic heterocycles. The summed E-state index contributed by atoms with van der Waals surface area (Å²) in [5, 5.41) is 11.6. The van der Waals surface area contributed by atoms with E-state index in [9.17, 15) is 14.0 Å². The maximum atomic E-state index is 13.7. The van der Waals surface area contributed by atoms with Crippen LogP contribution < -0.4 is 11.1 Å². The molecule has 0 bridgehead atoms. The number of hydrogen-bond donors (Lipinski definition) is 2. The minimum absolute atomic E-state index is 0.0662. The molecule has 236 valence electrons. The second kappa shape index (κ2) is 12.9. The lowest BCUT2D eigenvalue weighted by atomic mass is 9.88. The molecule has 1 aromatic carbocycles. The minimum Gasteiger partial charge on any atom is -0.421 e. The molecule has 5 aromatic rings. The number of carbonyl (C=O) groups is 2. The van der Waals surface area contributed by atoms with Crippen LogP contribution in [0.2, 0.25) is 0 Å². The number of nitrogens with zero attached hydrogens (tertiary/aromatic N) is 4. The number of aromatic nitrogens is 4. The van der Waals surface area contributed by atoms with Crippen LogP contribution in [0.4, 0.5) is 4.39 Å². The standard InChI is InChI=1S/C35H35FN6O3S/c1-18(2)16-26-30(33(37)43)32(28-13-14-29(46-28)34(44)40-25-12-11-24-23(25)6-5-15-38-24)31(35-42-41-20(4)45-35)27(39-26)17-19(3)21-7-9-22(36)10-8-21/h5-10,13-15,18-19,25H,11-12,16-17H2,1-4H3,(H2,37,43)(H,40,44)/t19-,25-/m1/s1. The van der Waals surface area contributed by atoms with Gasteiger partial charge in [0.2, 0.25) is 11.8 Å². The number of primary amides is 1. The largest absolute Gasteiger partial charge is 0.421 e. The predicted octanol–water partition coefficient (Wildman–Crippen LogP) is 6.76. The van der Waals surface area contributed by atoms with Gasteiger partial charge in [0.15, 0.2) is 0 Å². The molecule has 6 rings (SSSR count). The summed E-state index contributed by atoms with van der Waals surface area (Å²) in [5.41, 5.74) is 11.6. The van der Waals surface area contributed by atoms with Crippen molar-refractivity contribution >= 4 is 23.2 Å². The van der Waals surface area contributed by atoms with E-state index in [0.29, 0.717) is 51.0 Å². The van der Waals surface area contributed by atoms with Crippen LogP contribution in [0.1, 0.15) is 93.3 Å². The first-order valence-electron chi connectivity index (χ1n) is 15.3. The zero-order chi connectivity index (χ0) is 32.5. The van der Waals surface area contributed by atoms with E-state index in [4.69, 9.17) is 15.1 Å². The van der Waals surface area contributed by atoms with Gasteiger partial charge >= 0.3 is 0 Å². The fraction of sp³-hybridized carbons (Fsp3) is 0.314. The van der Waals surface area contributed by atoms with Crippen molar-refractivity contribution in [1.82, 2.24) is 25.5 Å². The Balaban J connectivity index is 1.48. The Bertz CT molecular complexity index is 1920. The number of rotatable bonds is 10. The summed E-state index contributed by atoms with van der Waals surface area (Å²) in [6.45, 7) is 7.82. The molecule has 2 amide bonds. The number of nitrogens with two attached hydrogens (primary N) is 1. The summed E-state index contributed by atoms with van der Waals surface area (Å²) in [7, 11) is 0. The summed E-state index contributed by atoms with van der Waals surface area (Å²) < 4.78 is 19.7. The highest BCUT2D eigenvalue weighted by Gasteiger charge is 2.31. The molecule has 0 unspecified atom stereocenters. The van der Waals surface area contributed by atoms with E-state index in [0.717, 1.165) is 29.7 Å². The molecule has 11 heteroatoms. The summed E-state index contributed by atoms with van der Waals surface area (Å²) in [6, 6.07) is 13.7. The molecular formula is C35H35FN6O3S. The third-order valence-corrected chi connectivity index (χ3v) is 9.33. The monoisotopic (exact) mass is 638 g/mol. The van der Waals surface area contributed by atoms with Crippen molar-refractivity contribution in [3.63, 3.8) is 0 Å². The molecule has 0 spiro atoms. The quantitative estimate of drug-likeness (QED) is 0.172. The van der Waals surface area contributed by atoms with Crippen LogP contribution in [0.15, 0.2) is 59.1 Å². The summed E-state index contributed by atoms with van der Waals surface area (Å²) in [4.78, 5) is 37.4. The average Bonchev–Trinajstić information content (AvgIpc) is 3.77. The highest BCUT2D eigenvalue weighted by molar-refractivity contribution is 7.17. The molecule has 46 heavy (non-hydrogen) atoms. The topological polar surface area (TPSA) is 137 Å². The highest BCUT2D eigenvalue weighted by atomic mass is 32.1. The molecule has 0 radical (unpaired) electrons. The van der Waals surface area contributed by atoms with Crippen LogP contribution in [0.5, 0.6) is 0 Å². The number of thiophene rings is 1. The normalized spacial score (nSPS) is 14.8. The Morgan fingerprint density at radius 3 is 2.52 bits per heavy atom. The lowest BCUT2D eigenvalue weighted by Gasteiger charge is -2.21. The third-order valence-electron chi connectivity index (χ3n) is 8.23. The van der Waals surface area contributed by atoms with Gasteiger partial charge in [-0.15, -0.1) is 21.5 Å². The first-order chi connectivity index (χ1) is 22.1. The minimum atomic E-state index is -0.636. The summed E-state index contributed by atoms with van der Waals surface area (Å²) in [6.07, 6.45) is 4.29.